The molecule has 122 valence electrons. The van der Waals surface area contributed by atoms with E-state index in [1.807, 2.05) is 18.2 Å². The van der Waals surface area contributed by atoms with Crippen LogP contribution in [0.2, 0.25) is 5.02 Å². The molecule has 0 spiro atoms. The first-order valence-electron chi connectivity index (χ1n) is 7.34. The van der Waals surface area contributed by atoms with Crippen LogP contribution in [0.3, 0.4) is 0 Å². The Labute approximate surface area is 136 Å². The maximum Gasteiger partial charge on any atom is 0.315 e. The largest absolute Gasteiger partial charge is 0.334 e. The summed E-state index contributed by atoms with van der Waals surface area (Å²) in [5, 5.41) is 5.62. The van der Waals surface area contributed by atoms with E-state index in [2.05, 4.69) is 10.6 Å². The molecule has 1 aromatic rings. The molecule has 0 aromatic heterocycles. The minimum absolute atomic E-state index is 0.307. The molecule has 0 heterocycles. The van der Waals surface area contributed by atoms with Crippen LogP contribution in [0.15, 0.2) is 24.3 Å². The normalized spacial score (nSPS) is 22.1. The molecule has 7 heteroatoms. The van der Waals surface area contributed by atoms with Crippen LogP contribution in [-0.4, -0.2) is 32.0 Å². The number of carbonyl (C=O) groups excluding carboxylic acids is 1. The first-order chi connectivity index (χ1) is 10.4. The second-order valence-corrected chi connectivity index (χ2v) is 8.35. The SMILES string of the molecule is CS(=O)(=O)[C@@H]1CCCC[C@H]1NC(=O)NCc1ccccc1Cl. The lowest BCUT2D eigenvalue weighted by Crippen LogP contribution is -2.51. The third-order valence-electron chi connectivity index (χ3n) is 3.97. The van der Waals surface area contributed by atoms with E-state index in [1.54, 1.807) is 6.07 Å². The fourth-order valence-corrected chi connectivity index (χ4v) is 4.41. The summed E-state index contributed by atoms with van der Waals surface area (Å²) in [6, 6.07) is 6.59. The molecular weight excluding hydrogens is 324 g/mol. The molecule has 1 fully saturated rings. The summed E-state index contributed by atoms with van der Waals surface area (Å²) in [5.41, 5.74) is 0.822. The summed E-state index contributed by atoms with van der Waals surface area (Å²) in [7, 11) is -3.16. The van der Waals surface area contributed by atoms with Gasteiger partial charge >= 0.3 is 6.03 Å². The van der Waals surface area contributed by atoms with Crippen molar-refractivity contribution in [1.82, 2.24) is 10.6 Å². The molecule has 1 aromatic carbocycles. The lowest BCUT2D eigenvalue weighted by atomic mass is 9.95. The Morgan fingerprint density at radius 1 is 1.27 bits per heavy atom. The zero-order chi connectivity index (χ0) is 16.2. The summed E-state index contributed by atoms with van der Waals surface area (Å²) in [6.07, 6.45) is 4.35. The lowest BCUT2D eigenvalue weighted by molar-refractivity contribution is 0.232. The molecule has 0 unspecified atom stereocenters. The van der Waals surface area contributed by atoms with Crippen LogP contribution in [-0.2, 0) is 16.4 Å². The quantitative estimate of drug-likeness (QED) is 0.881. The number of sulfone groups is 1. The Balaban J connectivity index is 1.92. The third-order valence-corrected chi connectivity index (χ3v) is 6.00. The minimum atomic E-state index is -3.16. The van der Waals surface area contributed by atoms with Gasteiger partial charge in [-0.05, 0) is 24.5 Å². The molecule has 0 bridgehead atoms. The summed E-state index contributed by atoms with van der Waals surface area (Å²) in [4.78, 5) is 12.0. The molecule has 2 atom stereocenters. The Kier molecular flexibility index (Phi) is 5.69. The van der Waals surface area contributed by atoms with Crippen LogP contribution < -0.4 is 10.6 Å². The third kappa shape index (κ3) is 4.61. The van der Waals surface area contributed by atoms with Crippen molar-refractivity contribution < 1.29 is 13.2 Å². The fourth-order valence-electron chi connectivity index (χ4n) is 2.81. The zero-order valence-corrected chi connectivity index (χ0v) is 14.1. The number of carbonyl (C=O) groups is 1. The standard InChI is InChI=1S/C15H21ClN2O3S/c1-22(20,21)14-9-5-4-8-13(14)18-15(19)17-10-11-6-2-3-7-12(11)16/h2-3,6-7,13-14H,4-5,8-10H2,1H3,(H2,17,18,19)/t13-,14-/m1/s1. The van der Waals surface area contributed by atoms with Gasteiger partial charge in [0.1, 0.15) is 0 Å². The number of nitrogens with one attached hydrogen (secondary N) is 2. The average molecular weight is 345 g/mol. The van der Waals surface area contributed by atoms with Gasteiger partial charge in [-0.25, -0.2) is 13.2 Å². The number of hydrogen-bond acceptors (Lipinski definition) is 3. The van der Waals surface area contributed by atoms with E-state index in [9.17, 15) is 13.2 Å². The van der Waals surface area contributed by atoms with Gasteiger partial charge in [-0.2, -0.15) is 0 Å². The molecule has 2 N–H and O–H groups in total. The highest BCUT2D eigenvalue weighted by Crippen LogP contribution is 2.24. The molecule has 0 radical (unpaired) electrons. The van der Waals surface area contributed by atoms with Crippen LogP contribution in [0.1, 0.15) is 31.2 Å². The van der Waals surface area contributed by atoms with Crippen molar-refractivity contribution in [3.05, 3.63) is 34.9 Å². The summed E-state index contributed by atoms with van der Waals surface area (Å²) in [6.45, 7) is 0.307. The van der Waals surface area contributed by atoms with Crippen molar-refractivity contribution in [2.45, 2.75) is 43.5 Å². The van der Waals surface area contributed by atoms with Crippen LogP contribution in [0.5, 0.6) is 0 Å². The molecular formula is C15H21ClN2O3S. The molecule has 0 saturated heterocycles. The summed E-state index contributed by atoms with van der Waals surface area (Å²) >= 11 is 6.03. The summed E-state index contributed by atoms with van der Waals surface area (Å²) < 4.78 is 23.6. The second kappa shape index (κ2) is 7.33. The van der Waals surface area contributed by atoms with E-state index in [4.69, 9.17) is 11.6 Å². The predicted octanol–water partition coefficient (Wildman–Crippen LogP) is 2.50. The van der Waals surface area contributed by atoms with Crippen LogP contribution in [0.25, 0.3) is 0 Å². The Hall–Kier alpha value is -1.27. The van der Waals surface area contributed by atoms with Crippen LogP contribution in [0, 0.1) is 0 Å². The smallest absolute Gasteiger partial charge is 0.315 e. The highest BCUT2D eigenvalue weighted by atomic mass is 35.5. The van der Waals surface area contributed by atoms with Crippen LogP contribution in [0.4, 0.5) is 4.79 Å². The van der Waals surface area contributed by atoms with Crippen molar-refractivity contribution in [2.24, 2.45) is 0 Å². The molecule has 2 rings (SSSR count). The van der Waals surface area contributed by atoms with Gasteiger partial charge in [0.05, 0.1) is 5.25 Å². The number of amides is 2. The van der Waals surface area contributed by atoms with Crippen molar-refractivity contribution in [3.63, 3.8) is 0 Å². The molecule has 1 saturated carbocycles. The number of hydrogen-bond donors (Lipinski definition) is 2. The number of rotatable bonds is 4. The second-order valence-electron chi connectivity index (χ2n) is 5.68. The van der Waals surface area contributed by atoms with Crippen molar-refractivity contribution in [3.8, 4) is 0 Å². The minimum Gasteiger partial charge on any atom is -0.334 e. The number of urea groups is 1. The fraction of sp³-hybridized carbons (Fsp3) is 0.533. The average Bonchev–Trinajstić information content (AvgIpc) is 2.46. The van der Waals surface area contributed by atoms with Crippen molar-refractivity contribution in [2.75, 3.05) is 6.26 Å². The van der Waals surface area contributed by atoms with Crippen molar-refractivity contribution in [1.29, 1.82) is 0 Å². The van der Waals surface area contributed by atoms with Gasteiger partial charge in [0.15, 0.2) is 9.84 Å². The van der Waals surface area contributed by atoms with E-state index >= 15 is 0 Å². The van der Waals surface area contributed by atoms with Gasteiger partial charge < -0.3 is 10.6 Å². The van der Waals surface area contributed by atoms with Crippen LogP contribution >= 0.6 is 11.6 Å². The number of benzene rings is 1. The van der Waals surface area contributed by atoms with E-state index in [-0.39, 0.29) is 12.1 Å². The zero-order valence-electron chi connectivity index (χ0n) is 12.5. The Bertz CT molecular complexity index is 633. The molecule has 2 amide bonds. The van der Waals surface area contributed by atoms with Gasteiger partial charge in [0.2, 0.25) is 0 Å². The molecule has 1 aliphatic rings. The van der Waals surface area contributed by atoms with E-state index in [1.165, 1.54) is 6.26 Å². The topological polar surface area (TPSA) is 75.3 Å². The highest BCUT2D eigenvalue weighted by Gasteiger charge is 2.33. The van der Waals surface area contributed by atoms with E-state index < -0.39 is 15.1 Å². The molecule has 22 heavy (non-hydrogen) atoms. The van der Waals surface area contributed by atoms with Gasteiger partial charge in [-0.3, -0.25) is 0 Å². The first-order valence-corrected chi connectivity index (χ1v) is 9.68. The molecule has 1 aliphatic carbocycles. The maximum atomic E-state index is 12.0. The lowest BCUT2D eigenvalue weighted by Gasteiger charge is -2.30. The van der Waals surface area contributed by atoms with Crippen molar-refractivity contribution >= 4 is 27.5 Å². The first kappa shape index (κ1) is 17.1. The maximum absolute atomic E-state index is 12.0. The highest BCUT2D eigenvalue weighted by molar-refractivity contribution is 7.91. The van der Waals surface area contributed by atoms with Gasteiger partial charge in [0, 0.05) is 23.9 Å². The predicted molar refractivity (Wildman–Crippen MR) is 87.7 cm³/mol. The molecule has 5 nitrogen and oxygen atoms in total. The van der Waals surface area contributed by atoms with E-state index in [0.717, 1.165) is 18.4 Å². The van der Waals surface area contributed by atoms with Gasteiger partial charge in [0.25, 0.3) is 0 Å². The molecule has 0 aliphatic heterocycles. The van der Waals surface area contributed by atoms with E-state index in [0.29, 0.717) is 24.4 Å². The monoisotopic (exact) mass is 344 g/mol. The Morgan fingerprint density at radius 3 is 2.64 bits per heavy atom. The number of halogens is 1. The van der Waals surface area contributed by atoms with Gasteiger partial charge in [-0.1, -0.05) is 42.6 Å². The summed E-state index contributed by atoms with van der Waals surface area (Å²) in [5.74, 6) is 0. The van der Waals surface area contributed by atoms with Gasteiger partial charge in [-0.15, -0.1) is 0 Å². The Morgan fingerprint density at radius 2 is 1.95 bits per heavy atom.